The van der Waals surface area contributed by atoms with Crippen molar-refractivity contribution >= 4 is 17.8 Å². The van der Waals surface area contributed by atoms with Crippen LogP contribution in [-0.4, -0.2) is 18.9 Å². The van der Waals surface area contributed by atoms with Crippen LogP contribution in [-0.2, 0) is 4.74 Å². The molecular formula is C15H10O5. The number of esters is 1. The summed E-state index contributed by atoms with van der Waals surface area (Å²) in [6.45, 7) is 0. The van der Waals surface area contributed by atoms with E-state index in [0.29, 0.717) is 22.6 Å². The second-order valence-electron chi connectivity index (χ2n) is 4.16. The molecule has 0 unspecified atom stereocenters. The Hall–Kier alpha value is -2.82. The summed E-state index contributed by atoms with van der Waals surface area (Å²) < 4.78 is 15.2. The summed E-state index contributed by atoms with van der Waals surface area (Å²) in [6.07, 6.45) is 3.02. The second kappa shape index (κ2) is 4.70. The van der Waals surface area contributed by atoms with Crippen molar-refractivity contribution < 1.29 is 23.5 Å². The molecule has 1 aliphatic rings. The van der Waals surface area contributed by atoms with E-state index in [-0.39, 0.29) is 11.5 Å². The molecule has 5 heteroatoms. The van der Waals surface area contributed by atoms with Crippen LogP contribution < -0.4 is 4.74 Å². The largest absolute Gasteiger partial charge is 0.465 e. The Morgan fingerprint density at radius 2 is 2.15 bits per heavy atom. The maximum atomic E-state index is 12.2. The van der Waals surface area contributed by atoms with Crippen LogP contribution >= 0.6 is 0 Å². The number of allylic oxidation sites excluding steroid dienone is 1. The number of fused-ring (bicyclic) bond motifs is 1. The minimum absolute atomic E-state index is 0.164. The summed E-state index contributed by atoms with van der Waals surface area (Å²) in [5.41, 5.74) is 0.646. The molecule has 0 spiro atoms. The standard InChI is InChI=1S/C15H10O5/c1-18-15(17)9-4-5-12-11(7-9)14(16)13(20-12)8-10-3-2-6-19-10/h2-8H,1H3. The van der Waals surface area contributed by atoms with E-state index in [0.717, 1.165) is 0 Å². The molecular weight excluding hydrogens is 260 g/mol. The molecule has 0 aliphatic carbocycles. The van der Waals surface area contributed by atoms with Crippen molar-refractivity contribution in [2.24, 2.45) is 0 Å². The SMILES string of the molecule is COC(=O)c1ccc2c(c1)C(=O)C(=Cc1ccco1)O2. The van der Waals surface area contributed by atoms with Crippen LogP contribution in [0.1, 0.15) is 26.5 Å². The molecule has 0 N–H and O–H groups in total. The van der Waals surface area contributed by atoms with E-state index in [1.807, 2.05) is 0 Å². The van der Waals surface area contributed by atoms with Gasteiger partial charge in [0.15, 0.2) is 5.76 Å². The van der Waals surface area contributed by atoms with Gasteiger partial charge in [-0.15, -0.1) is 0 Å². The van der Waals surface area contributed by atoms with E-state index in [2.05, 4.69) is 4.74 Å². The fourth-order valence-corrected chi connectivity index (χ4v) is 1.94. The van der Waals surface area contributed by atoms with Gasteiger partial charge < -0.3 is 13.9 Å². The van der Waals surface area contributed by atoms with Crippen molar-refractivity contribution in [2.45, 2.75) is 0 Å². The predicted octanol–water partition coefficient (Wildman–Crippen LogP) is 2.68. The average Bonchev–Trinajstić information content (AvgIpc) is 3.08. The first-order valence-corrected chi connectivity index (χ1v) is 5.89. The number of hydrogen-bond donors (Lipinski definition) is 0. The van der Waals surface area contributed by atoms with Crippen molar-refractivity contribution in [1.29, 1.82) is 0 Å². The highest BCUT2D eigenvalue weighted by Crippen LogP contribution is 2.32. The molecule has 1 aromatic heterocycles. The third kappa shape index (κ3) is 1.99. The van der Waals surface area contributed by atoms with Gasteiger partial charge in [0.05, 0.1) is 24.5 Å². The Kier molecular flexibility index (Phi) is 2.87. The lowest BCUT2D eigenvalue weighted by Gasteiger charge is -2.00. The van der Waals surface area contributed by atoms with Gasteiger partial charge >= 0.3 is 5.97 Å². The number of carbonyl (C=O) groups is 2. The van der Waals surface area contributed by atoms with Crippen LogP contribution in [0, 0.1) is 0 Å². The zero-order valence-electron chi connectivity index (χ0n) is 10.6. The van der Waals surface area contributed by atoms with Gasteiger partial charge in [0.25, 0.3) is 0 Å². The van der Waals surface area contributed by atoms with Gasteiger partial charge in [0.2, 0.25) is 5.78 Å². The van der Waals surface area contributed by atoms with Gasteiger partial charge in [-0.3, -0.25) is 4.79 Å². The Bertz CT molecular complexity index is 710. The zero-order chi connectivity index (χ0) is 14.1. The minimum atomic E-state index is -0.496. The fraction of sp³-hybridized carbons (Fsp3) is 0.0667. The molecule has 20 heavy (non-hydrogen) atoms. The van der Waals surface area contributed by atoms with E-state index in [1.54, 1.807) is 24.3 Å². The van der Waals surface area contributed by atoms with Crippen LogP contribution in [0.25, 0.3) is 6.08 Å². The molecule has 1 aliphatic heterocycles. The lowest BCUT2D eigenvalue weighted by Crippen LogP contribution is -2.02. The molecule has 0 amide bonds. The highest BCUT2D eigenvalue weighted by Gasteiger charge is 2.28. The molecule has 1 aromatic carbocycles. The lowest BCUT2D eigenvalue weighted by atomic mass is 10.1. The molecule has 0 bridgehead atoms. The van der Waals surface area contributed by atoms with Gasteiger partial charge in [-0.05, 0) is 30.3 Å². The summed E-state index contributed by atoms with van der Waals surface area (Å²) in [7, 11) is 1.29. The summed E-state index contributed by atoms with van der Waals surface area (Å²) >= 11 is 0. The second-order valence-corrected chi connectivity index (χ2v) is 4.16. The van der Waals surface area contributed by atoms with Crippen LogP contribution in [0.15, 0.2) is 46.8 Å². The van der Waals surface area contributed by atoms with E-state index in [4.69, 9.17) is 9.15 Å². The van der Waals surface area contributed by atoms with Crippen molar-refractivity contribution in [2.75, 3.05) is 7.11 Å². The first-order chi connectivity index (χ1) is 9.69. The number of methoxy groups -OCH3 is 1. The van der Waals surface area contributed by atoms with Gasteiger partial charge in [0.1, 0.15) is 11.5 Å². The third-order valence-corrected chi connectivity index (χ3v) is 2.91. The highest BCUT2D eigenvalue weighted by molar-refractivity contribution is 6.15. The Morgan fingerprint density at radius 1 is 1.30 bits per heavy atom. The average molecular weight is 270 g/mol. The quantitative estimate of drug-likeness (QED) is 0.620. The Morgan fingerprint density at radius 3 is 2.85 bits per heavy atom. The number of carbonyl (C=O) groups excluding carboxylic acids is 2. The van der Waals surface area contributed by atoms with Gasteiger partial charge in [-0.1, -0.05) is 0 Å². The van der Waals surface area contributed by atoms with E-state index in [1.165, 1.54) is 25.5 Å². The van der Waals surface area contributed by atoms with Crippen LogP contribution in [0.3, 0.4) is 0 Å². The summed E-state index contributed by atoms with van der Waals surface area (Å²) in [5.74, 6) is 0.318. The molecule has 0 saturated carbocycles. The smallest absolute Gasteiger partial charge is 0.337 e. The van der Waals surface area contributed by atoms with Crippen molar-refractivity contribution in [3.63, 3.8) is 0 Å². The molecule has 0 radical (unpaired) electrons. The summed E-state index contributed by atoms with van der Waals surface area (Å²) in [5, 5.41) is 0. The van der Waals surface area contributed by atoms with Crippen LogP contribution in [0.4, 0.5) is 0 Å². The zero-order valence-corrected chi connectivity index (χ0v) is 10.6. The predicted molar refractivity (Wildman–Crippen MR) is 69.4 cm³/mol. The van der Waals surface area contributed by atoms with E-state index in [9.17, 15) is 9.59 Å². The number of ether oxygens (including phenoxy) is 2. The molecule has 0 fully saturated rings. The Balaban J connectivity index is 1.97. The molecule has 100 valence electrons. The molecule has 0 saturated heterocycles. The third-order valence-electron chi connectivity index (χ3n) is 2.91. The first kappa shape index (κ1) is 12.2. The molecule has 2 aromatic rings. The Labute approximate surface area is 114 Å². The topological polar surface area (TPSA) is 65.7 Å². The normalized spacial score (nSPS) is 15.1. The van der Waals surface area contributed by atoms with Crippen molar-refractivity contribution in [1.82, 2.24) is 0 Å². The number of rotatable bonds is 2. The summed E-state index contributed by atoms with van der Waals surface area (Å²) in [4.78, 5) is 23.7. The highest BCUT2D eigenvalue weighted by atomic mass is 16.5. The maximum Gasteiger partial charge on any atom is 0.337 e. The van der Waals surface area contributed by atoms with Crippen molar-refractivity contribution in [3.8, 4) is 5.75 Å². The first-order valence-electron chi connectivity index (χ1n) is 5.89. The summed E-state index contributed by atoms with van der Waals surface area (Å²) in [6, 6.07) is 8.02. The number of ketones is 1. The van der Waals surface area contributed by atoms with E-state index >= 15 is 0 Å². The van der Waals surface area contributed by atoms with Gasteiger partial charge in [-0.25, -0.2) is 4.79 Å². The number of furan rings is 1. The van der Waals surface area contributed by atoms with Crippen LogP contribution in [0.5, 0.6) is 5.75 Å². The molecule has 2 heterocycles. The van der Waals surface area contributed by atoms with Crippen molar-refractivity contribution in [3.05, 3.63) is 59.2 Å². The van der Waals surface area contributed by atoms with E-state index < -0.39 is 5.97 Å². The molecule has 0 atom stereocenters. The lowest BCUT2D eigenvalue weighted by molar-refractivity contribution is 0.0600. The van der Waals surface area contributed by atoms with Gasteiger partial charge in [-0.2, -0.15) is 0 Å². The van der Waals surface area contributed by atoms with Crippen LogP contribution in [0.2, 0.25) is 0 Å². The number of hydrogen-bond acceptors (Lipinski definition) is 5. The maximum absolute atomic E-state index is 12.2. The number of Topliss-reactive ketones (excluding diaryl/α,β-unsaturated/α-hetero) is 1. The van der Waals surface area contributed by atoms with Gasteiger partial charge in [0, 0.05) is 6.08 Å². The monoisotopic (exact) mass is 270 g/mol. The minimum Gasteiger partial charge on any atom is -0.465 e. The number of benzene rings is 1. The molecule has 3 rings (SSSR count). The fourth-order valence-electron chi connectivity index (χ4n) is 1.94. The molecule has 5 nitrogen and oxygen atoms in total.